The van der Waals surface area contributed by atoms with E-state index in [4.69, 9.17) is 0 Å². The number of aliphatic imine (C=N–C) groups is 1. The summed E-state index contributed by atoms with van der Waals surface area (Å²) >= 11 is 1.80. The number of benzene rings is 1. The second-order valence-corrected chi connectivity index (χ2v) is 8.53. The molecule has 1 aromatic carbocycles. The first kappa shape index (κ1) is 22.7. The van der Waals surface area contributed by atoms with Crippen molar-refractivity contribution in [2.75, 3.05) is 31.6 Å². The molecule has 1 atom stereocenters. The van der Waals surface area contributed by atoms with E-state index in [1.165, 1.54) is 0 Å². The standard InChI is InChI=1S/C16H27N3OS2.HI/c1-5-17-15(19-13-16(2,3)21-4)18-11-12-22(20)14-9-7-6-8-10-14;/h6-10H,5,11-13H2,1-4H3,(H2,17,18,19);1H. The highest BCUT2D eigenvalue weighted by atomic mass is 127. The summed E-state index contributed by atoms with van der Waals surface area (Å²) in [5, 5.41) is 6.48. The molecule has 0 aliphatic rings. The molecule has 1 rings (SSSR count). The number of nitrogens with one attached hydrogen (secondary N) is 2. The molecule has 0 aromatic heterocycles. The summed E-state index contributed by atoms with van der Waals surface area (Å²) in [6.07, 6.45) is 2.10. The molecule has 0 bridgehead atoms. The number of guanidine groups is 1. The van der Waals surface area contributed by atoms with Crippen LogP contribution in [0.2, 0.25) is 0 Å². The fourth-order valence-corrected chi connectivity index (χ4v) is 2.81. The highest BCUT2D eigenvalue weighted by Gasteiger charge is 2.15. The van der Waals surface area contributed by atoms with Crippen LogP contribution in [-0.2, 0) is 10.8 Å². The quantitative estimate of drug-likeness (QED) is 0.349. The lowest BCUT2D eigenvalue weighted by molar-refractivity contribution is 0.680. The molecule has 0 aliphatic heterocycles. The van der Waals surface area contributed by atoms with Gasteiger partial charge in [0.05, 0.1) is 17.3 Å². The Kier molecular flexibility index (Phi) is 12.0. The molecule has 0 radical (unpaired) electrons. The third-order valence-corrected chi connectivity index (χ3v) is 5.71. The summed E-state index contributed by atoms with van der Waals surface area (Å²) in [5.74, 6) is 1.36. The van der Waals surface area contributed by atoms with Crippen LogP contribution < -0.4 is 10.6 Å². The maximum absolute atomic E-state index is 12.2. The first-order valence-electron chi connectivity index (χ1n) is 7.49. The average Bonchev–Trinajstić information content (AvgIpc) is 2.53. The topological polar surface area (TPSA) is 53.5 Å². The monoisotopic (exact) mass is 469 g/mol. The van der Waals surface area contributed by atoms with Gasteiger partial charge in [0, 0.05) is 28.5 Å². The largest absolute Gasteiger partial charge is 0.357 e. The van der Waals surface area contributed by atoms with Crippen molar-refractivity contribution < 1.29 is 4.21 Å². The molecule has 1 aromatic rings. The van der Waals surface area contributed by atoms with E-state index in [0.717, 1.165) is 23.9 Å². The number of nitrogens with zero attached hydrogens (tertiary/aromatic N) is 1. The first-order chi connectivity index (χ1) is 10.5. The SMILES string of the molecule is CCNC(=NCC(C)(C)SC)NCCS(=O)c1ccccc1.I. The Morgan fingerprint density at radius 2 is 1.91 bits per heavy atom. The van der Waals surface area contributed by atoms with Gasteiger partial charge in [-0.1, -0.05) is 18.2 Å². The van der Waals surface area contributed by atoms with Gasteiger partial charge in [-0.2, -0.15) is 11.8 Å². The van der Waals surface area contributed by atoms with Crippen LogP contribution in [0.25, 0.3) is 0 Å². The molecular weight excluding hydrogens is 441 g/mol. The number of hydrogen-bond donors (Lipinski definition) is 2. The second-order valence-electron chi connectivity index (χ2n) is 5.45. The van der Waals surface area contributed by atoms with Gasteiger partial charge in [0.2, 0.25) is 0 Å². The normalized spacial score (nSPS) is 13.1. The maximum atomic E-state index is 12.2. The van der Waals surface area contributed by atoms with E-state index in [-0.39, 0.29) is 28.7 Å². The van der Waals surface area contributed by atoms with Gasteiger partial charge in [-0.3, -0.25) is 9.20 Å². The van der Waals surface area contributed by atoms with Gasteiger partial charge < -0.3 is 10.6 Å². The maximum Gasteiger partial charge on any atom is 0.191 e. The molecule has 0 amide bonds. The van der Waals surface area contributed by atoms with Crippen molar-refractivity contribution in [3.05, 3.63) is 30.3 Å². The Labute approximate surface area is 164 Å². The van der Waals surface area contributed by atoms with E-state index in [1.807, 2.05) is 37.3 Å². The van der Waals surface area contributed by atoms with Crippen LogP contribution in [0.3, 0.4) is 0 Å². The van der Waals surface area contributed by atoms with Crippen LogP contribution in [0.4, 0.5) is 0 Å². The van der Waals surface area contributed by atoms with Crippen molar-refractivity contribution in [1.29, 1.82) is 0 Å². The molecule has 0 aliphatic carbocycles. The number of halogens is 1. The van der Waals surface area contributed by atoms with Crippen molar-refractivity contribution >= 4 is 52.5 Å². The summed E-state index contributed by atoms with van der Waals surface area (Å²) < 4.78 is 12.3. The number of thioether (sulfide) groups is 1. The molecule has 0 fully saturated rings. The average molecular weight is 469 g/mol. The first-order valence-corrected chi connectivity index (χ1v) is 10.0. The Hall–Kier alpha value is -0.280. The summed E-state index contributed by atoms with van der Waals surface area (Å²) in [4.78, 5) is 5.47. The Morgan fingerprint density at radius 3 is 2.48 bits per heavy atom. The van der Waals surface area contributed by atoms with Crippen LogP contribution in [0, 0.1) is 0 Å². The van der Waals surface area contributed by atoms with Gasteiger partial charge in [-0.05, 0) is 39.2 Å². The summed E-state index contributed by atoms with van der Waals surface area (Å²) in [7, 11) is -0.976. The van der Waals surface area contributed by atoms with E-state index in [1.54, 1.807) is 11.8 Å². The van der Waals surface area contributed by atoms with Crippen molar-refractivity contribution in [3.8, 4) is 0 Å². The predicted molar refractivity (Wildman–Crippen MR) is 115 cm³/mol. The van der Waals surface area contributed by atoms with Gasteiger partial charge in [-0.15, -0.1) is 24.0 Å². The molecule has 1 unspecified atom stereocenters. The van der Waals surface area contributed by atoms with Gasteiger partial charge in [-0.25, -0.2) is 0 Å². The zero-order valence-corrected chi connectivity index (χ0v) is 18.3. The minimum atomic E-state index is -0.976. The zero-order chi connectivity index (χ0) is 16.4. The molecular formula is C16H28IN3OS2. The highest BCUT2D eigenvalue weighted by molar-refractivity contribution is 14.0. The molecule has 7 heteroatoms. The molecule has 23 heavy (non-hydrogen) atoms. The minimum Gasteiger partial charge on any atom is -0.357 e. The zero-order valence-electron chi connectivity index (χ0n) is 14.3. The lowest BCUT2D eigenvalue weighted by Gasteiger charge is -2.20. The lowest BCUT2D eigenvalue weighted by atomic mass is 10.2. The minimum absolute atomic E-state index is 0. The summed E-state index contributed by atoms with van der Waals surface area (Å²) in [5.41, 5.74) is 0. The van der Waals surface area contributed by atoms with Crippen LogP contribution in [0.5, 0.6) is 0 Å². The Balaban J connectivity index is 0.00000484. The van der Waals surface area contributed by atoms with Crippen LogP contribution in [0.1, 0.15) is 20.8 Å². The number of hydrogen-bond acceptors (Lipinski definition) is 3. The fraction of sp³-hybridized carbons (Fsp3) is 0.562. The van der Waals surface area contributed by atoms with Crippen molar-refractivity contribution in [2.24, 2.45) is 4.99 Å². The lowest BCUT2D eigenvalue weighted by Crippen LogP contribution is -2.40. The van der Waals surface area contributed by atoms with E-state index >= 15 is 0 Å². The van der Waals surface area contributed by atoms with Crippen molar-refractivity contribution in [3.63, 3.8) is 0 Å². The Morgan fingerprint density at radius 1 is 1.26 bits per heavy atom. The summed E-state index contributed by atoms with van der Waals surface area (Å²) in [6, 6.07) is 9.56. The van der Waals surface area contributed by atoms with E-state index in [9.17, 15) is 4.21 Å². The van der Waals surface area contributed by atoms with E-state index in [2.05, 4.69) is 35.7 Å². The summed E-state index contributed by atoms with van der Waals surface area (Å²) in [6.45, 7) is 8.58. The molecule has 0 spiro atoms. The van der Waals surface area contributed by atoms with Crippen LogP contribution >= 0.6 is 35.7 Å². The molecule has 2 N–H and O–H groups in total. The third kappa shape index (κ3) is 9.56. The van der Waals surface area contributed by atoms with E-state index in [0.29, 0.717) is 12.3 Å². The molecule has 0 saturated heterocycles. The molecule has 0 heterocycles. The third-order valence-electron chi connectivity index (χ3n) is 3.10. The molecule has 0 saturated carbocycles. The predicted octanol–water partition coefficient (Wildman–Crippen LogP) is 3.11. The molecule has 4 nitrogen and oxygen atoms in total. The second kappa shape index (κ2) is 12.1. The van der Waals surface area contributed by atoms with Crippen LogP contribution in [0.15, 0.2) is 40.2 Å². The van der Waals surface area contributed by atoms with Crippen molar-refractivity contribution in [1.82, 2.24) is 10.6 Å². The van der Waals surface area contributed by atoms with Gasteiger partial charge in [0.1, 0.15) is 0 Å². The van der Waals surface area contributed by atoms with Crippen LogP contribution in [-0.4, -0.2) is 46.6 Å². The fourth-order valence-electron chi connectivity index (χ4n) is 1.63. The van der Waals surface area contributed by atoms with Gasteiger partial charge in [0.25, 0.3) is 0 Å². The highest BCUT2D eigenvalue weighted by Crippen LogP contribution is 2.20. The van der Waals surface area contributed by atoms with E-state index < -0.39 is 10.8 Å². The number of rotatable bonds is 8. The Bertz CT molecular complexity index is 495. The smallest absolute Gasteiger partial charge is 0.191 e. The van der Waals surface area contributed by atoms with Gasteiger partial charge in [0.15, 0.2) is 5.96 Å². The van der Waals surface area contributed by atoms with Gasteiger partial charge >= 0.3 is 0 Å². The van der Waals surface area contributed by atoms with Crippen molar-refractivity contribution in [2.45, 2.75) is 30.4 Å². The molecule has 132 valence electrons.